The fourth-order valence-corrected chi connectivity index (χ4v) is 2.73. The van der Waals surface area contributed by atoms with Crippen LogP contribution >= 0.6 is 0 Å². The molecule has 20 heavy (non-hydrogen) atoms. The summed E-state index contributed by atoms with van der Waals surface area (Å²) in [4.78, 5) is 14.1. The summed E-state index contributed by atoms with van der Waals surface area (Å²) in [6.45, 7) is 4.99. The molecule has 2 atom stereocenters. The number of hydrogen-bond acceptors (Lipinski definition) is 2. The van der Waals surface area contributed by atoms with E-state index in [1.807, 2.05) is 4.90 Å². The van der Waals surface area contributed by atoms with E-state index in [1.165, 1.54) is 12.1 Å². The molecule has 0 aromatic heterocycles. The summed E-state index contributed by atoms with van der Waals surface area (Å²) in [6.07, 6.45) is 2.16. The molecule has 1 aliphatic rings. The standard InChI is InChI=1S/C16H23FN2O/c1-11(2)9-10-19-15(20)8-7-14(18)16(19)12-3-5-13(17)6-4-12/h3-6,11,14,16H,7-10,18H2,1-2H3. The van der Waals surface area contributed by atoms with Crippen LogP contribution in [0.2, 0.25) is 0 Å². The summed E-state index contributed by atoms with van der Waals surface area (Å²) in [7, 11) is 0. The van der Waals surface area contributed by atoms with Crippen LogP contribution < -0.4 is 5.73 Å². The lowest BCUT2D eigenvalue weighted by molar-refractivity contribution is -0.137. The summed E-state index contributed by atoms with van der Waals surface area (Å²) in [5.74, 6) is 0.426. The number of nitrogens with zero attached hydrogens (tertiary/aromatic N) is 1. The van der Waals surface area contributed by atoms with Crippen LogP contribution in [0.4, 0.5) is 4.39 Å². The zero-order valence-electron chi connectivity index (χ0n) is 12.2. The molecule has 2 N–H and O–H groups in total. The summed E-state index contributed by atoms with van der Waals surface area (Å²) in [5, 5.41) is 0. The highest BCUT2D eigenvalue weighted by atomic mass is 19.1. The van der Waals surface area contributed by atoms with E-state index >= 15 is 0 Å². The first-order chi connectivity index (χ1) is 9.49. The van der Waals surface area contributed by atoms with Crippen molar-refractivity contribution in [1.29, 1.82) is 0 Å². The molecule has 1 heterocycles. The Balaban J connectivity index is 2.23. The summed E-state index contributed by atoms with van der Waals surface area (Å²) >= 11 is 0. The van der Waals surface area contributed by atoms with Crippen LogP contribution in [0.5, 0.6) is 0 Å². The minimum absolute atomic E-state index is 0.0784. The number of carbonyl (C=O) groups excluding carboxylic acids is 1. The molecule has 0 bridgehead atoms. The zero-order valence-corrected chi connectivity index (χ0v) is 12.2. The van der Waals surface area contributed by atoms with Gasteiger partial charge in [-0.2, -0.15) is 0 Å². The van der Waals surface area contributed by atoms with Crippen molar-refractivity contribution in [2.45, 2.75) is 45.2 Å². The van der Waals surface area contributed by atoms with Crippen molar-refractivity contribution in [3.05, 3.63) is 35.6 Å². The van der Waals surface area contributed by atoms with Gasteiger partial charge in [0.05, 0.1) is 6.04 Å². The van der Waals surface area contributed by atoms with Crippen molar-refractivity contribution in [1.82, 2.24) is 4.90 Å². The van der Waals surface area contributed by atoms with E-state index in [2.05, 4.69) is 13.8 Å². The third-order valence-corrected chi connectivity index (χ3v) is 3.91. The maximum absolute atomic E-state index is 13.1. The second kappa shape index (κ2) is 6.35. The van der Waals surface area contributed by atoms with Gasteiger partial charge in [0.15, 0.2) is 0 Å². The van der Waals surface area contributed by atoms with Gasteiger partial charge >= 0.3 is 0 Å². The number of likely N-dealkylation sites (tertiary alicyclic amines) is 1. The van der Waals surface area contributed by atoms with Gasteiger partial charge in [-0.3, -0.25) is 4.79 Å². The predicted octanol–water partition coefficient (Wildman–Crippen LogP) is 2.86. The molecule has 1 aliphatic heterocycles. The van der Waals surface area contributed by atoms with Gasteiger partial charge in [-0.1, -0.05) is 26.0 Å². The first kappa shape index (κ1) is 15.0. The molecule has 4 heteroatoms. The lowest BCUT2D eigenvalue weighted by atomic mass is 9.90. The van der Waals surface area contributed by atoms with Crippen LogP contribution in [-0.2, 0) is 4.79 Å². The van der Waals surface area contributed by atoms with Crippen LogP contribution in [0.25, 0.3) is 0 Å². The molecule has 1 aromatic rings. The van der Waals surface area contributed by atoms with E-state index in [1.54, 1.807) is 12.1 Å². The van der Waals surface area contributed by atoms with Gasteiger partial charge in [-0.25, -0.2) is 4.39 Å². The van der Waals surface area contributed by atoms with Crippen LogP contribution in [0.3, 0.4) is 0 Å². The Hall–Kier alpha value is -1.42. The summed E-state index contributed by atoms with van der Waals surface area (Å²) in [5.41, 5.74) is 7.15. The largest absolute Gasteiger partial charge is 0.334 e. The molecule has 3 nitrogen and oxygen atoms in total. The van der Waals surface area contributed by atoms with E-state index < -0.39 is 0 Å². The van der Waals surface area contributed by atoms with Crippen molar-refractivity contribution in [3.8, 4) is 0 Å². The van der Waals surface area contributed by atoms with Crippen molar-refractivity contribution in [3.63, 3.8) is 0 Å². The Morgan fingerprint density at radius 3 is 2.60 bits per heavy atom. The minimum atomic E-state index is -0.266. The van der Waals surface area contributed by atoms with E-state index in [0.717, 1.165) is 12.0 Å². The monoisotopic (exact) mass is 278 g/mol. The second-order valence-corrected chi connectivity index (χ2v) is 5.97. The van der Waals surface area contributed by atoms with Crippen LogP contribution in [0.1, 0.15) is 44.7 Å². The van der Waals surface area contributed by atoms with Gasteiger partial charge in [0.25, 0.3) is 0 Å². The lowest BCUT2D eigenvalue weighted by Gasteiger charge is -2.40. The molecule has 2 rings (SSSR count). The Kier molecular flexibility index (Phi) is 4.76. The average molecular weight is 278 g/mol. The van der Waals surface area contributed by atoms with Crippen molar-refractivity contribution in [2.24, 2.45) is 11.7 Å². The third kappa shape index (κ3) is 3.37. The second-order valence-electron chi connectivity index (χ2n) is 5.97. The molecule has 1 saturated heterocycles. The number of carbonyl (C=O) groups is 1. The average Bonchev–Trinajstić information content (AvgIpc) is 2.41. The molecule has 1 fully saturated rings. The van der Waals surface area contributed by atoms with Crippen LogP contribution in [0, 0.1) is 11.7 Å². The van der Waals surface area contributed by atoms with Crippen molar-refractivity contribution in [2.75, 3.05) is 6.54 Å². The summed E-state index contributed by atoms with van der Waals surface area (Å²) < 4.78 is 13.1. The maximum atomic E-state index is 13.1. The lowest BCUT2D eigenvalue weighted by Crippen LogP contribution is -2.49. The maximum Gasteiger partial charge on any atom is 0.223 e. The molecule has 2 unspecified atom stereocenters. The Bertz CT molecular complexity index is 458. The number of benzene rings is 1. The molecule has 0 saturated carbocycles. The van der Waals surface area contributed by atoms with Gasteiger partial charge in [-0.15, -0.1) is 0 Å². The van der Waals surface area contributed by atoms with Crippen molar-refractivity contribution >= 4 is 5.91 Å². The fourth-order valence-electron chi connectivity index (χ4n) is 2.73. The third-order valence-electron chi connectivity index (χ3n) is 3.91. The molecule has 0 spiro atoms. The highest BCUT2D eigenvalue weighted by Crippen LogP contribution is 2.31. The fraction of sp³-hybridized carbons (Fsp3) is 0.562. The Morgan fingerprint density at radius 2 is 2.00 bits per heavy atom. The smallest absolute Gasteiger partial charge is 0.223 e. The molecule has 110 valence electrons. The molecular formula is C16H23FN2O. The van der Waals surface area contributed by atoms with Gasteiger partial charge in [0.2, 0.25) is 5.91 Å². The Labute approximate surface area is 120 Å². The highest BCUT2D eigenvalue weighted by Gasteiger charge is 2.34. The van der Waals surface area contributed by atoms with E-state index in [0.29, 0.717) is 25.3 Å². The van der Waals surface area contributed by atoms with Gasteiger partial charge in [-0.05, 0) is 36.5 Å². The molecule has 0 radical (unpaired) electrons. The van der Waals surface area contributed by atoms with Crippen LogP contribution in [0.15, 0.2) is 24.3 Å². The van der Waals surface area contributed by atoms with E-state index in [9.17, 15) is 9.18 Å². The van der Waals surface area contributed by atoms with Crippen LogP contribution in [-0.4, -0.2) is 23.4 Å². The van der Waals surface area contributed by atoms with Gasteiger partial charge < -0.3 is 10.6 Å². The number of rotatable bonds is 4. The molecular weight excluding hydrogens is 255 g/mol. The van der Waals surface area contributed by atoms with E-state index in [4.69, 9.17) is 5.73 Å². The first-order valence-electron chi connectivity index (χ1n) is 7.29. The van der Waals surface area contributed by atoms with E-state index in [-0.39, 0.29) is 23.8 Å². The predicted molar refractivity (Wildman–Crippen MR) is 77.5 cm³/mol. The first-order valence-corrected chi connectivity index (χ1v) is 7.29. The quantitative estimate of drug-likeness (QED) is 0.920. The van der Waals surface area contributed by atoms with Gasteiger partial charge in [0, 0.05) is 19.0 Å². The topological polar surface area (TPSA) is 46.3 Å². The number of halogens is 1. The number of nitrogens with two attached hydrogens (primary N) is 1. The number of hydrogen-bond donors (Lipinski definition) is 1. The Morgan fingerprint density at radius 1 is 1.35 bits per heavy atom. The van der Waals surface area contributed by atoms with Crippen molar-refractivity contribution < 1.29 is 9.18 Å². The molecule has 1 aromatic carbocycles. The zero-order chi connectivity index (χ0) is 14.7. The molecule has 0 aliphatic carbocycles. The minimum Gasteiger partial charge on any atom is -0.334 e. The van der Waals surface area contributed by atoms with Gasteiger partial charge in [0.1, 0.15) is 5.82 Å². The number of piperidine rings is 1. The molecule has 1 amide bonds. The summed E-state index contributed by atoms with van der Waals surface area (Å²) in [6, 6.07) is 6.13. The number of amides is 1. The highest BCUT2D eigenvalue weighted by molar-refractivity contribution is 5.78. The SMILES string of the molecule is CC(C)CCN1C(=O)CCC(N)C1c1ccc(F)cc1. The normalized spacial score (nSPS) is 23.4.